The Kier molecular flexibility index (Phi) is 5.26. The monoisotopic (exact) mass is 386 g/mol. The summed E-state index contributed by atoms with van der Waals surface area (Å²) in [5.74, 6) is 1.34. The van der Waals surface area contributed by atoms with Crippen molar-refractivity contribution in [1.29, 1.82) is 0 Å². The molecule has 2 nitrogen and oxygen atoms in total. The lowest BCUT2D eigenvalue weighted by Crippen LogP contribution is -2.35. The van der Waals surface area contributed by atoms with Crippen molar-refractivity contribution >= 4 is 34.0 Å². The molecule has 0 aliphatic carbocycles. The maximum atomic E-state index is 6.38. The smallest absolute Gasteiger partial charge is 0.0499 e. The molecule has 1 saturated heterocycles. The summed E-state index contributed by atoms with van der Waals surface area (Å²) in [4.78, 5) is 4.67. The lowest BCUT2D eigenvalue weighted by atomic mass is 9.83. The molecular weight excluding hydrogens is 363 g/mol. The predicted octanol–water partition coefficient (Wildman–Crippen LogP) is 5.95. The van der Waals surface area contributed by atoms with Gasteiger partial charge in [0, 0.05) is 34.9 Å². The molecular formula is C22H24Cl2N2. The van der Waals surface area contributed by atoms with E-state index in [4.69, 9.17) is 23.2 Å². The maximum absolute atomic E-state index is 6.38. The molecule has 0 bridgehead atoms. The van der Waals surface area contributed by atoms with E-state index in [-0.39, 0.29) is 0 Å². The summed E-state index contributed by atoms with van der Waals surface area (Å²) in [6, 6.07) is 10.2. The molecule has 0 unspecified atom stereocenters. The first kappa shape index (κ1) is 17.9. The summed E-state index contributed by atoms with van der Waals surface area (Å²) >= 11 is 12.6. The van der Waals surface area contributed by atoms with E-state index in [2.05, 4.69) is 59.6 Å². The van der Waals surface area contributed by atoms with E-state index >= 15 is 0 Å². The molecule has 4 rings (SSSR count). The van der Waals surface area contributed by atoms with Crippen LogP contribution in [0.3, 0.4) is 0 Å². The Balaban J connectivity index is 1.44. The van der Waals surface area contributed by atoms with Crippen molar-refractivity contribution in [2.24, 2.45) is 11.8 Å². The molecule has 4 heteroatoms. The average molecular weight is 387 g/mol. The first-order chi connectivity index (χ1) is 12.6. The minimum absolute atomic E-state index is 0.587. The number of hydrogen-bond acceptors (Lipinski definition) is 2. The molecule has 0 radical (unpaired) electrons. The highest BCUT2D eigenvalue weighted by Crippen LogP contribution is 2.33. The Bertz CT molecular complexity index is 837. The molecule has 1 fully saturated rings. The molecule has 0 atom stereocenters. The number of fused-ring (bicyclic) bond motifs is 1. The largest absolute Gasteiger partial charge is 0.358 e. The van der Waals surface area contributed by atoms with Crippen LogP contribution < -0.4 is 0 Å². The number of rotatable bonds is 3. The molecule has 2 aliphatic heterocycles. The molecule has 2 heterocycles. The highest BCUT2D eigenvalue weighted by Gasteiger charge is 2.25. The van der Waals surface area contributed by atoms with Crippen molar-refractivity contribution in [3.63, 3.8) is 0 Å². The Morgan fingerprint density at radius 1 is 1.00 bits per heavy atom. The van der Waals surface area contributed by atoms with Gasteiger partial charge in [-0.2, -0.15) is 0 Å². The number of piperidine rings is 1. The van der Waals surface area contributed by atoms with Gasteiger partial charge in [0.05, 0.1) is 0 Å². The SMILES string of the molecule is CN1C=CC(C2CCN(Cc3cccc4c(Cl)cc(Cl)cc34)CC2)C=C1. The topological polar surface area (TPSA) is 6.48 Å². The number of allylic oxidation sites excluding steroid dienone is 2. The van der Waals surface area contributed by atoms with Gasteiger partial charge in [-0.05, 0) is 67.3 Å². The van der Waals surface area contributed by atoms with Crippen molar-refractivity contribution in [2.75, 3.05) is 20.1 Å². The van der Waals surface area contributed by atoms with E-state index in [0.717, 1.165) is 36.0 Å². The maximum Gasteiger partial charge on any atom is 0.0499 e. The fraction of sp³-hybridized carbons (Fsp3) is 0.364. The van der Waals surface area contributed by atoms with Gasteiger partial charge < -0.3 is 4.90 Å². The van der Waals surface area contributed by atoms with E-state index in [9.17, 15) is 0 Å². The molecule has 136 valence electrons. The first-order valence-corrected chi connectivity index (χ1v) is 10.0. The number of likely N-dealkylation sites (tertiary alicyclic amines) is 1. The molecule has 0 N–H and O–H groups in total. The third kappa shape index (κ3) is 3.78. The van der Waals surface area contributed by atoms with Crippen LogP contribution in [0.4, 0.5) is 0 Å². The van der Waals surface area contributed by atoms with Crippen LogP contribution in [0.1, 0.15) is 18.4 Å². The molecule has 2 aliphatic rings. The lowest BCUT2D eigenvalue weighted by Gasteiger charge is -2.35. The van der Waals surface area contributed by atoms with E-state index < -0.39 is 0 Å². The summed E-state index contributed by atoms with van der Waals surface area (Å²) in [5.41, 5.74) is 1.31. The van der Waals surface area contributed by atoms with Crippen molar-refractivity contribution in [3.8, 4) is 0 Å². The second kappa shape index (κ2) is 7.64. The summed E-state index contributed by atoms with van der Waals surface area (Å²) in [6.45, 7) is 3.24. The van der Waals surface area contributed by atoms with Crippen molar-refractivity contribution in [1.82, 2.24) is 9.80 Å². The Labute approximate surface area is 165 Å². The van der Waals surface area contributed by atoms with E-state index in [1.165, 1.54) is 23.8 Å². The minimum atomic E-state index is 0.587. The van der Waals surface area contributed by atoms with Crippen molar-refractivity contribution < 1.29 is 0 Å². The van der Waals surface area contributed by atoms with Gasteiger partial charge in [0.2, 0.25) is 0 Å². The van der Waals surface area contributed by atoms with Gasteiger partial charge in [-0.1, -0.05) is 53.6 Å². The van der Waals surface area contributed by atoms with Crippen LogP contribution >= 0.6 is 23.2 Å². The Morgan fingerprint density at radius 3 is 2.46 bits per heavy atom. The van der Waals surface area contributed by atoms with Gasteiger partial charge in [-0.15, -0.1) is 0 Å². The van der Waals surface area contributed by atoms with Gasteiger partial charge in [-0.3, -0.25) is 4.90 Å². The first-order valence-electron chi connectivity index (χ1n) is 9.28. The number of halogens is 2. The van der Waals surface area contributed by atoms with E-state index in [1.807, 2.05) is 12.1 Å². The number of benzene rings is 2. The highest BCUT2D eigenvalue weighted by atomic mass is 35.5. The van der Waals surface area contributed by atoms with Crippen LogP contribution in [-0.4, -0.2) is 29.9 Å². The van der Waals surface area contributed by atoms with Crippen LogP contribution in [0, 0.1) is 11.8 Å². The van der Waals surface area contributed by atoms with Gasteiger partial charge in [0.15, 0.2) is 0 Å². The second-order valence-corrected chi connectivity index (χ2v) is 8.28. The molecule has 2 aromatic rings. The zero-order chi connectivity index (χ0) is 18.1. The van der Waals surface area contributed by atoms with E-state index in [0.29, 0.717) is 10.9 Å². The third-order valence-electron chi connectivity index (χ3n) is 5.66. The molecule has 2 aromatic carbocycles. The van der Waals surface area contributed by atoms with Crippen LogP contribution in [-0.2, 0) is 6.54 Å². The van der Waals surface area contributed by atoms with Crippen molar-refractivity contribution in [2.45, 2.75) is 19.4 Å². The predicted molar refractivity (Wildman–Crippen MR) is 112 cm³/mol. The summed E-state index contributed by atoms with van der Waals surface area (Å²) < 4.78 is 0. The van der Waals surface area contributed by atoms with Crippen molar-refractivity contribution in [3.05, 3.63) is 70.5 Å². The molecule has 26 heavy (non-hydrogen) atoms. The van der Waals surface area contributed by atoms with Gasteiger partial charge >= 0.3 is 0 Å². The normalized spacial score (nSPS) is 19.6. The zero-order valence-corrected chi connectivity index (χ0v) is 16.5. The summed E-state index contributed by atoms with van der Waals surface area (Å²) in [7, 11) is 2.08. The average Bonchev–Trinajstić information content (AvgIpc) is 2.64. The quantitative estimate of drug-likeness (QED) is 0.642. The summed E-state index contributed by atoms with van der Waals surface area (Å²) in [6.07, 6.45) is 11.5. The fourth-order valence-corrected chi connectivity index (χ4v) is 4.70. The standard InChI is InChI=1S/C22H24Cl2N2/c1-25-9-5-16(6-10-25)17-7-11-26(12-8-17)15-18-3-2-4-20-21(18)13-19(23)14-22(20)24/h2-6,9-10,13-14,16-17H,7-8,11-12,15H2,1H3. The number of nitrogens with zero attached hydrogens (tertiary/aromatic N) is 2. The molecule has 0 aromatic heterocycles. The minimum Gasteiger partial charge on any atom is -0.358 e. The van der Waals surface area contributed by atoms with Crippen LogP contribution in [0.2, 0.25) is 10.0 Å². The second-order valence-electron chi connectivity index (χ2n) is 7.44. The third-order valence-corrected chi connectivity index (χ3v) is 6.19. The van der Waals surface area contributed by atoms with E-state index in [1.54, 1.807) is 0 Å². The lowest BCUT2D eigenvalue weighted by molar-refractivity contribution is 0.164. The van der Waals surface area contributed by atoms with Gasteiger partial charge in [0.25, 0.3) is 0 Å². The number of hydrogen-bond donors (Lipinski definition) is 0. The summed E-state index contributed by atoms with van der Waals surface area (Å²) in [5, 5.41) is 3.70. The molecule has 0 saturated carbocycles. The van der Waals surface area contributed by atoms with Gasteiger partial charge in [0.1, 0.15) is 0 Å². The molecule has 0 spiro atoms. The Morgan fingerprint density at radius 2 is 1.73 bits per heavy atom. The Hall–Kier alpha value is -1.48. The highest BCUT2D eigenvalue weighted by molar-refractivity contribution is 6.38. The van der Waals surface area contributed by atoms with Crippen LogP contribution in [0.25, 0.3) is 10.8 Å². The van der Waals surface area contributed by atoms with Crippen LogP contribution in [0.15, 0.2) is 54.9 Å². The van der Waals surface area contributed by atoms with Crippen LogP contribution in [0.5, 0.6) is 0 Å². The van der Waals surface area contributed by atoms with Gasteiger partial charge in [-0.25, -0.2) is 0 Å². The fourth-order valence-electron chi connectivity index (χ4n) is 4.14. The molecule has 0 amide bonds. The zero-order valence-electron chi connectivity index (χ0n) is 15.0.